The molecule has 1 fully saturated rings. The first-order valence-electron chi connectivity index (χ1n) is 12.5. The summed E-state index contributed by atoms with van der Waals surface area (Å²) in [6.07, 6.45) is 3.90. The van der Waals surface area contributed by atoms with Gasteiger partial charge in [-0.1, -0.05) is 6.07 Å². The van der Waals surface area contributed by atoms with E-state index in [9.17, 15) is 9.59 Å². The summed E-state index contributed by atoms with van der Waals surface area (Å²) in [7, 11) is 0. The highest BCUT2D eigenvalue weighted by molar-refractivity contribution is 6.04. The van der Waals surface area contributed by atoms with Crippen molar-refractivity contribution in [3.63, 3.8) is 0 Å². The molecule has 2 aromatic heterocycles. The molecular weight excluding hydrogens is 470 g/mol. The fourth-order valence-electron chi connectivity index (χ4n) is 4.47. The average molecular weight is 502 g/mol. The second kappa shape index (κ2) is 10.1. The van der Waals surface area contributed by atoms with Gasteiger partial charge < -0.3 is 24.6 Å². The molecule has 0 unspecified atom stereocenters. The molecule has 0 spiro atoms. The third-order valence-corrected chi connectivity index (χ3v) is 6.29. The molecule has 0 bridgehead atoms. The molecule has 2 aliphatic rings. The third kappa shape index (κ3) is 5.66. The zero-order chi connectivity index (χ0) is 26.0. The van der Waals surface area contributed by atoms with E-state index in [-0.39, 0.29) is 12.0 Å². The molecule has 37 heavy (non-hydrogen) atoms. The van der Waals surface area contributed by atoms with Crippen LogP contribution in [-0.2, 0) is 11.2 Å². The Bertz CT molecular complexity index is 1310. The van der Waals surface area contributed by atoms with Crippen LogP contribution in [0.15, 0.2) is 54.9 Å². The highest BCUT2D eigenvalue weighted by Crippen LogP contribution is 2.30. The molecule has 0 saturated carbocycles. The monoisotopic (exact) mass is 501 g/mol. The normalized spacial score (nSPS) is 15.1. The molecule has 3 aromatic rings. The Morgan fingerprint density at radius 1 is 1.05 bits per heavy atom. The van der Waals surface area contributed by atoms with Crippen molar-refractivity contribution in [1.29, 1.82) is 0 Å². The summed E-state index contributed by atoms with van der Waals surface area (Å²) in [6, 6.07) is 13.3. The largest absolute Gasteiger partial charge is 0.493 e. The first-order valence-corrected chi connectivity index (χ1v) is 12.5. The van der Waals surface area contributed by atoms with Crippen LogP contribution >= 0.6 is 0 Å². The van der Waals surface area contributed by atoms with E-state index in [4.69, 9.17) is 9.47 Å². The number of fused-ring (bicyclic) bond motifs is 1. The third-order valence-electron chi connectivity index (χ3n) is 6.29. The van der Waals surface area contributed by atoms with Gasteiger partial charge in [0.2, 0.25) is 0 Å². The van der Waals surface area contributed by atoms with Crippen LogP contribution in [0.2, 0.25) is 0 Å². The van der Waals surface area contributed by atoms with Crippen LogP contribution in [0.4, 0.5) is 16.2 Å². The summed E-state index contributed by atoms with van der Waals surface area (Å²) in [4.78, 5) is 38.3. The second-order valence-electron chi connectivity index (χ2n) is 10.1. The number of carbonyl (C=O) groups is 2. The van der Waals surface area contributed by atoms with E-state index in [1.165, 1.54) is 0 Å². The van der Waals surface area contributed by atoms with Crippen molar-refractivity contribution in [3.8, 4) is 17.0 Å². The fraction of sp³-hybridized carbons (Fsp3) is 0.357. The minimum atomic E-state index is -0.531. The predicted octanol–water partition coefficient (Wildman–Crippen LogP) is 4.39. The standard InChI is InChI=1S/C28H31N5O4/c1-28(2,3)37-27(35)33-14-12-32(13-15-33)24-9-11-29-18-23(24)31-26(34)22-6-4-5-21(30-22)19-7-8-25-20(17-19)10-16-36-25/h4-9,11,17-18H,10,12-16H2,1-3H3,(H,31,34). The van der Waals surface area contributed by atoms with Crippen LogP contribution in [0.25, 0.3) is 11.3 Å². The highest BCUT2D eigenvalue weighted by atomic mass is 16.6. The maximum absolute atomic E-state index is 13.2. The van der Waals surface area contributed by atoms with E-state index >= 15 is 0 Å². The predicted molar refractivity (Wildman–Crippen MR) is 141 cm³/mol. The van der Waals surface area contributed by atoms with Gasteiger partial charge in [-0.3, -0.25) is 9.78 Å². The zero-order valence-electron chi connectivity index (χ0n) is 21.4. The van der Waals surface area contributed by atoms with Gasteiger partial charge in [-0.25, -0.2) is 9.78 Å². The highest BCUT2D eigenvalue weighted by Gasteiger charge is 2.27. The number of rotatable bonds is 4. The topological polar surface area (TPSA) is 96.9 Å². The van der Waals surface area contributed by atoms with Crippen LogP contribution in [0.1, 0.15) is 36.8 Å². The van der Waals surface area contributed by atoms with E-state index in [1.54, 1.807) is 23.4 Å². The smallest absolute Gasteiger partial charge is 0.410 e. The maximum atomic E-state index is 13.2. The molecule has 5 rings (SSSR count). The molecule has 9 nitrogen and oxygen atoms in total. The number of hydrogen-bond acceptors (Lipinski definition) is 7. The lowest BCUT2D eigenvalue weighted by molar-refractivity contribution is 0.0240. The molecule has 2 aliphatic heterocycles. The fourth-order valence-corrected chi connectivity index (χ4v) is 4.47. The second-order valence-corrected chi connectivity index (χ2v) is 10.1. The van der Waals surface area contributed by atoms with E-state index in [0.717, 1.165) is 34.7 Å². The molecule has 1 saturated heterocycles. The summed E-state index contributed by atoms with van der Waals surface area (Å²) < 4.78 is 11.1. The number of nitrogens with one attached hydrogen (secondary N) is 1. The first-order chi connectivity index (χ1) is 17.8. The van der Waals surface area contributed by atoms with Gasteiger partial charge >= 0.3 is 6.09 Å². The Hall–Kier alpha value is -4.14. The molecule has 0 aliphatic carbocycles. The minimum absolute atomic E-state index is 0.308. The Balaban J connectivity index is 1.27. The summed E-state index contributed by atoms with van der Waals surface area (Å²) in [5.41, 5.74) is 4.06. The van der Waals surface area contributed by atoms with Crippen LogP contribution in [-0.4, -0.2) is 65.3 Å². The maximum Gasteiger partial charge on any atom is 0.410 e. The van der Waals surface area contributed by atoms with Crippen molar-refractivity contribution in [2.24, 2.45) is 0 Å². The van der Waals surface area contributed by atoms with E-state index in [0.29, 0.717) is 44.2 Å². The molecule has 2 amide bonds. The van der Waals surface area contributed by atoms with E-state index in [2.05, 4.69) is 26.3 Å². The number of pyridine rings is 2. The van der Waals surface area contributed by atoms with Crippen molar-refractivity contribution in [2.75, 3.05) is 43.0 Å². The summed E-state index contributed by atoms with van der Waals surface area (Å²) in [6.45, 7) is 8.55. The number of piperazine rings is 1. The van der Waals surface area contributed by atoms with Gasteiger partial charge in [-0.05, 0) is 62.7 Å². The van der Waals surface area contributed by atoms with Crippen LogP contribution in [0.5, 0.6) is 5.75 Å². The summed E-state index contributed by atoms with van der Waals surface area (Å²) >= 11 is 0. The lowest BCUT2D eigenvalue weighted by atomic mass is 10.1. The SMILES string of the molecule is CC(C)(C)OC(=O)N1CCN(c2ccncc2NC(=O)c2cccc(-c3ccc4c(c3)CCO4)n2)CC1. The van der Waals surface area contributed by atoms with Crippen molar-refractivity contribution < 1.29 is 19.1 Å². The van der Waals surface area contributed by atoms with Gasteiger partial charge in [0.15, 0.2) is 0 Å². The molecule has 4 heterocycles. The molecule has 0 atom stereocenters. The Kier molecular flexibility index (Phi) is 6.69. The van der Waals surface area contributed by atoms with Gasteiger partial charge in [0.05, 0.1) is 29.9 Å². The van der Waals surface area contributed by atoms with Gasteiger partial charge in [0.1, 0.15) is 17.0 Å². The molecule has 192 valence electrons. The Morgan fingerprint density at radius 2 is 1.86 bits per heavy atom. The van der Waals surface area contributed by atoms with Crippen LogP contribution < -0.4 is 15.0 Å². The molecule has 1 aromatic carbocycles. The van der Waals surface area contributed by atoms with Crippen molar-refractivity contribution in [2.45, 2.75) is 32.8 Å². The Labute approximate surface area is 216 Å². The number of aromatic nitrogens is 2. The van der Waals surface area contributed by atoms with Crippen molar-refractivity contribution in [1.82, 2.24) is 14.9 Å². The molecule has 0 radical (unpaired) electrons. The zero-order valence-corrected chi connectivity index (χ0v) is 21.4. The number of nitrogens with zero attached hydrogens (tertiary/aromatic N) is 4. The number of ether oxygens (including phenoxy) is 2. The summed E-state index contributed by atoms with van der Waals surface area (Å²) in [5.74, 6) is 0.599. The van der Waals surface area contributed by atoms with Crippen molar-refractivity contribution >= 4 is 23.4 Å². The van der Waals surface area contributed by atoms with E-state index < -0.39 is 5.60 Å². The molecule has 9 heteroatoms. The average Bonchev–Trinajstić information content (AvgIpc) is 3.36. The van der Waals surface area contributed by atoms with Gasteiger partial charge in [0, 0.05) is 44.4 Å². The van der Waals surface area contributed by atoms with E-state index in [1.807, 2.05) is 51.1 Å². The van der Waals surface area contributed by atoms with Crippen LogP contribution in [0.3, 0.4) is 0 Å². The lowest BCUT2D eigenvalue weighted by Gasteiger charge is -2.37. The van der Waals surface area contributed by atoms with Gasteiger partial charge in [-0.2, -0.15) is 0 Å². The Morgan fingerprint density at radius 3 is 2.65 bits per heavy atom. The van der Waals surface area contributed by atoms with Gasteiger partial charge in [0.25, 0.3) is 5.91 Å². The number of amides is 2. The number of anilines is 2. The number of benzene rings is 1. The first kappa shape index (κ1) is 24.5. The number of hydrogen-bond donors (Lipinski definition) is 1. The van der Waals surface area contributed by atoms with Crippen molar-refractivity contribution in [3.05, 3.63) is 66.1 Å². The lowest BCUT2D eigenvalue weighted by Crippen LogP contribution is -2.50. The number of carbonyl (C=O) groups excluding carboxylic acids is 2. The van der Waals surface area contributed by atoms with Gasteiger partial charge in [-0.15, -0.1) is 0 Å². The minimum Gasteiger partial charge on any atom is -0.493 e. The molecular formula is C28H31N5O4. The molecule has 1 N–H and O–H groups in total. The van der Waals surface area contributed by atoms with Crippen LogP contribution in [0, 0.1) is 0 Å². The quantitative estimate of drug-likeness (QED) is 0.566. The summed E-state index contributed by atoms with van der Waals surface area (Å²) in [5, 5.41) is 2.98.